The van der Waals surface area contributed by atoms with Crippen LogP contribution in [-0.2, 0) is 14.0 Å². The third kappa shape index (κ3) is 3.18. The molecule has 1 aromatic carbocycles. The van der Waals surface area contributed by atoms with Gasteiger partial charge in [-0.15, -0.1) is 0 Å². The first-order valence-corrected chi connectivity index (χ1v) is 6.97. The van der Waals surface area contributed by atoms with Gasteiger partial charge in [0.05, 0.1) is 0 Å². The average molecular weight is 344 g/mol. The minimum Gasteiger partial charge on any atom is -0.374 e. The third-order valence-electron chi connectivity index (χ3n) is 2.69. The number of benzene rings is 1. The highest BCUT2D eigenvalue weighted by atomic mass is 127. The van der Waals surface area contributed by atoms with Crippen LogP contribution in [0.1, 0.15) is 18.4 Å². The van der Waals surface area contributed by atoms with Gasteiger partial charge < -0.3 is 5.32 Å². The number of nitrogens with one attached hydrogen (secondary N) is 2. The topological polar surface area (TPSA) is 58.2 Å². The van der Waals surface area contributed by atoms with Gasteiger partial charge in [0.25, 0.3) is 0 Å². The normalized spacial score (nSPS) is 19.9. The summed E-state index contributed by atoms with van der Waals surface area (Å²) >= 11 is 2.30. The summed E-state index contributed by atoms with van der Waals surface area (Å²) in [5.74, 6) is -0.424. The van der Waals surface area contributed by atoms with Crippen LogP contribution < -0.4 is 10.6 Å². The van der Waals surface area contributed by atoms with Crippen molar-refractivity contribution < 1.29 is 9.59 Å². The van der Waals surface area contributed by atoms with E-state index in [1.54, 1.807) is 0 Å². The molecular formula is C12H13IN2O2. The molecule has 1 fully saturated rings. The fourth-order valence-electron chi connectivity index (χ4n) is 1.72. The molecule has 90 valence electrons. The number of carbonyl (C=O) groups is 2. The zero-order valence-electron chi connectivity index (χ0n) is 9.20. The minimum atomic E-state index is -0.307. The van der Waals surface area contributed by atoms with Gasteiger partial charge in [-0.3, -0.25) is 14.9 Å². The fourth-order valence-corrected chi connectivity index (χ4v) is 2.23. The van der Waals surface area contributed by atoms with Crippen LogP contribution in [-0.4, -0.2) is 17.9 Å². The number of hydrogen-bond acceptors (Lipinski definition) is 3. The first-order valence-electron chi connectivity index (χ1n) is 5.44. The summed E-state index contributed by atoms with van der Waals surface area (Å²) in [5, 5.41) is 5.47. The molecule has 1 saturated heterocycles. The number of piperidine rings is 1. The molecule has 0 aliphatic carbocycles. The van der Waals surface area contributed by atoms with Crippen molar-refractivity contribution in [1.29, 1.82) is 0 Å². The van der Waals surface area contributed by atoms with Crippen molar-refractivity contribution in [3.8, 4) is 0 Å². The lowest BCUT2D eigenvalue weighted by atomic mass is 10.1. The molecule has 0 bridgehead atoms. The Hall–Kier alpha value is -1.11. The van der Waals surface area contributed by atoms with Gasteiger partial charge in [0.2, 0.25) is 11.8 Å². The highest BCUT2D eigenvalue weighted by molar-refractivity contribution is 14.1. The highest BCUT2D eigenvalue weighted by Crippen LogP contribution is 2.15. The number of hydrogen-bond donors (Lipinski definition) is 2. The second kappa shape index (κ2) is 5.48. The first kappa shape index (κ1) is 12.3. The van der Waals surface area contributed by atoms with Gasteiger partial charge in [-0.05, 0) is 24.1 Å². The lowest BCUT2D eigenvalue weighted by molar-refractivity contribution is -0.133. The Bertz CT molecular complexity index is 431. The number of anilines is 1. The molecule has 2 rings (SSSR count). The molecule has 0 saturated carbocycles. The lowest BCUT2D eigenvalue weighted by Crippen LogP contribution is -2.47. The van der Waals surface area contributed by atoms with Crippen molar-refractivity contribution in [2.75, 3.05) is 5.32 Å². The van der Waals surface area contributed by atoms with Crippen LogP contribution >= 0.6 is 22.6 Å². The maximum Gasteiger partial charge on any atom is 0.249 e. The largest absolute Gasteiger partial charge is 0.374 e. The molecule has 2 N–H and O–H groups in total. The van der Waals surface area contributed by atoms with Crippen LogP contribution in [0.3, 0.4) is 0 Å². The monoisotopic (exact) mass is 344 g/mol. The number of halogens is 1. The van der Waals surface area contributed by atoms with Crippen molar-refractivity contribution >= 4 is 40.1 Å². The van der Waals surface area contributed by atoms with E-state index in [0.717, 1.165) is 10.1 Å². The molecule has 4 nitrogen and oxygen atoms in total. The summed E-state index contributed by atoms with van der Waals surface area (Å²) in [7, 11) is 0. The molecule has 1 aromatic rings. The Kier molecular flexibility index (Phi) is 3.98. The van der Waals surface area contributed by atoms with E-state index in [-0.39, 0.29) is 17.9 Å². The van der Waals surface area contributed by atoms with Crippen molar-refractivity contribution in [3.63, 3.8) is 0 Å². The molecule has 1 aliphatic rings. The van der Waals surface area contributed by atoms with Crippen LogP contribution in [0.25, 0.3) is 0 Å². The summed E-state index contributed by atoms with van der Waals surface area (Å²) in [4.78, 5) is 22.5. The maximum absolute atomic E-state index is 11.5. The van der Waals surface area contributed by atoms with Crippen LogP contribution in [0, 0.1) is 0 Å². The van der Waals surface area contributed by atoms with Gasteiger partial charge in [-0.1, -0.05) is 34.7 Å². The van der Waals surface area contributed by atoms with Gasteiger partial charge in [0.1, 0.15) is 6.04 Å². The molecule has 5 heteroatoms. The predicted octanol–water partition coefficient (Wildman–Crippen LogP) is 1.84. The summed E-state index contributed by atoms with van der Waals surface area (Å²) in [6.45, 7) is 0. The quantitative estimate of drug-likeness (QED) is 0.500. The van der Waals surface area contributed by atoms with Crippen LogP contribution in [0.5, 0.6) is 0 Å². The second-order valence-electron chi connectivity index (χ2n) is 3.98. The van der Waals surface area contributed by atoms with Gasteiger partial charge in [-0.2, -0.15) is 0 Å². The highest BCUT2D eigenvalue weighted by Gasteiger charge is 2.26. The molecule has 0 spiro atoms. The van der Waals surface area contributed by atoms with E-state index in [2.05, 4.69) is 33.2 Å². The molecule has 1 heterocycles. The van der Waals surface area contributed by atoms with E-state index in [1.165, 1.54) is 5.56 Å². The average Bonchev–Trinajstić information content (AvgIpc) is 2.34. The summed E-state index contributed by atoms with van der Waals surface area (Å²) in [6, 6.07) is 7.66. The zero-order valence-corrected chi connectivity index (χ0v) is 11.4. The zero-order chi connectivity index (χ0) is 12.3. The van der Waals surface area contributed by atoms with Crippen molar-refractivity contribution in [1.82, 2.24) is 5.32 Å². The summed E-state index contributed by atoms with van der Waals surface area (Å²) in [6.07, 6.45) is 0.952. The molecular weight excluding hydrogens is 331 g/mol. The smallest absolute Gasteiger partial charge is 0.249 e. The van der Waals surface area contributed by atoms with Gasteiger partial charge in [-0.25, -0.2) is 0 Å². The molecule has 1 aliphatic heterocycles. The number of imide groups is 1. The van der Waals surface area contributed by atoms with Crippen molar-refractivity contribution in [2.24, 2.45) is 0 Å². The van der Waals surface area contributed by atoms with Crippen molar-refractivity contribution in [3.05, 3.63) is 29.8 Å². The Morgan fingerprint density at radius 2 is 2.00 bits per heavy atom. The van der Waals surface area contributed by atoms with Gasteiger partial charge in [0.15, 0.2) is 0 Å². The standard InChI is InChI=1S/C12H13IN2O2/c13-7-8-1-3-9(4-2-8)14-10-5-6-11(16)15-12(10)17/h1-4,10,14H,5-7H2,(H,15,16,17). The van der Waals surface area contributed by atoms with Crippen LogP contribution in [0.4, 0.5) is 5.69 Å². The van der Waals surface area contributed by atoms with E-state index >= 15 is 0 Å². The van der Waals surface area contributed by atoms with Gasteiger partial charge >= 0.3 is 0 Å². The summed E-state index contributed by atoms with van der Waals surface area (Å²) < 4.78 is 0.969. The van der Waals surface area contributed by atoms with E-state index in [0.29, 0.717) is 12.8 Å². The maximum atomic E-state index is 11.5. The van der Waals surface area contributed by atoms with E-state index in [4.69, 9.17) is 0 Å². The number of alkyl halides is 1. The Morgan fingerprint density at radius 3 is 2.59 bits per heavy atom. The molecule has 17 heavy (non-hydrogen) atoms. The Balaban J connectivity index is 2.00. The molecule has 1 atom stereocenters. The molecule has 2 amide bonds. The lowest BCUT2D eigenvalue weighted by Gasteiger charge is -2.22. The van der Waals surface area contributed by atoms with Gasteiger partial charge in [0, 0.05) is 16.5 Å². The molecule has 1 unspecified atom stereocenters. The Labute approximate surface area is 113 Å². The fraction of sp³-hybridized carbons (Fsp3) is 0.333. The van der Waals surface area contributed by atoms with Crippen LogP contribution in [0.2, 0.25) is 0 Å². The summed E-state index contributed by atoms with van der Waals surface area (Å²) in [5.41, 5.74) is 2.16. The first-order chi connectivity index (χ1) is 8.19. The number of amides is 2. The SMILES string of the molecule is O=C1CCC(Nc2ccc(CI)cc2)C(=O)N1. The van der Waals surface area contributed by atoms with Crippen LogP contribution in [0.15, 0.2) is 24.3 Å². The third-order valence-corrected chi connectivity index (χ3v) is 3.57. The van der Waals surface area contributed by atoms with Crippen molar-refractivity contribution in [2.45, 2.75) is 23.3 Å². The number of rotatable bonds is 3. The molecule has 0 radical (unpaired) electrons. The van der Waals surface area contributed by atoms with E-state index < -0.39 is 0 Å². The van der Waals surface area contributed by atoms with E-state index in [1.807, 2.05) is 24.3 Å². The van der Waals surface area contributed by atoms with E-state index in [9.17, 15) is 9.59 Å². The predicted molar refractivity (Wildman–Crippen MR) is 74.0 cm³/mol. The Morgan fingerprint density at radius 1 is 1.29 bits per heavy atom. The second-order valence-corrected chi connectivity index (χ2v) is 4.74. The number of carbonyl (C=O) groups excluding carboxylic acids is 2. The minimum absolute atomic E-state index is 0.187. The molecule has 0 aromatic heterocycles.